The summed E-state index contributed by atoms with van der Waals surface area (Å²) in [5.41, 5.74) is 9.33. The Balaban J connectivity index is 1.89. The molecule has 0 radical (unpaired) electrons. The number of hydrogen-bond acceptors (Lipinski definition) is 2. The summed E-state index contributed by atoms with van der Waals surface area (Å²) in [6.07, 6.45) is 5.09. The van der Waals surface area contributed by atoms with Crippen LogP contribution in [0, 0.1) is 6.92 Å². The number of benzene rings is 2. The van der Waals surface area contributed by atoms with E-state index in [2.05, 4.69) is 55.5 Å². The number of hydrogen-bond donors (Lipinski definition) is 1. The molecule has 0 aliphatic carbocycles. The summed E-state index contributed by atoms with van der Waals surface area (Å²) in [5, 5.41) is 0. The Labute approximate surface area is 127 Å². The average molecular weight is 281 g/mol. The largest absolute Gasteiger partial charge is 0.489 e. The van der Waals surface area contributed by atoms with E-state index in [-0.39, 0.29) is 6.04 Å². The molecule has 0 aliphatic heterocycles. The van der Waals surface area contributed by atoms with Gasteiger partial charge in [-0.15, -0.1) is 0 Å². The minimum atomic E-state index is 0.207. The fourth-order valence-corrected chi connectivity index (χ4v) is 2.06. The third-order valence-corrected chi connectivity index (χ3v) is 3.19. The summed E-state index contributed by atoms with van der Waals surface area (Å²) < 4.78 is 5.80. The van der Waals surface area contributed by atoms with Crippen LogP contribution in [-0.2, 0) is 6.61 Å². The molecule has 2 nitrogen and oxygen atoms in total. The van der Waals surface area contributed by atoms with Crippen LogP contribution in [0.3, 0.4) is 0 Å². The van der Waals surface area contributed by atoms with Crippen molar-refractivity contribution in [2.45, 2.75) is 32.9 Å². The van der Waals surface area contributed by atoms with Crippen molar-refractivity contribution < 1.29 is 4.74 Å². The first-order valence-corrected chi connectivity index (χ1v) is 7.34. The molecular formula is C19H23NO. The van der Waals surface area contributed by atoms with Crippen LogP contribution >= 0.6 is 0 Å². The fraction of sp³-hybridized carbons (Fsp3) is 0.263. The van der Waals surface area contributed by atoms with E-state index in [9.17, 15) is 0 Å². The minimum absolute atomic E-state index is 0.207. The van der Waals surface area contributed by atoms with Gasteiger partial charge in [-0.25, -0.2) is 0 Å². The summed E-state index contributed by atoms with van der Waals surface area (Å²) >= 11 is 0. The van der Waals surface area contributed by atoms with Crippen molar-refractivity contribution in [3.8, 4) is 5.75 Å². The maximum absolute atomic E-state index is 5.80. The lowest BCUT2D eigenvalue weighted by Crippen LogP contribution is -2.12. The standard InChI is InChI=1S/C19H23NO/c1-15-5-3-8-18(13-15)14-21-19-11-9-17(10-12-19)7-4-6-16(2)20/h3-5,7-13,16H,6,14,20H2,1-2H3. The van der Waals surface area contributed by atoms with Crippen LogP contribution in [0.15, 0.2) is 54.6 Å². The van der Waals surface area contributed by atoms with Crippen molar-refractivity contribution >= 4 is 6.08 Å². The lowest BCUT2D eigenvalue weighted by molar-refractivity contribution is 0.306. The molecular weight excluding hydrogens is 258 g/mol. The van der Waals surface area contributed by atoms with E-state index in [1.807, 2.05) is 19.1 Å². The zero-order valence-corrected chi connectivity index (χ0v) is 12.8. The first-order chi connectivity index (χ1) is 10.1. The highest BCUT2D eigenvalue weighted by Gasteiger charge is 1.97. The molecule has 0 amide bonds. The summed E-state index contributed by atoms with van der Waals surface area (Å²) in [4.78, 5) is 0. The first-order valence-electron chi connectivity index (χ1n) is 7.34. The number of rotatable bonds is 6. The van der Waals surface area contributed by atoms with Gasteiger partial charge in [0.25, 0.3) is 0 Å². The minimum Gasteiger partial charge on any atom is -0.489 e. The van der Waals surface area contributed by atoms with Crippen LogP contribution in [-0.4, -0.2) is 6.04 Å². The van der Waals surface area contributed by atoms with Gasteiger partial charge < -0.3 is 10.5 Å². The lowest BCUT2D eigenvalue weighted by atomic mass is 10.1. The molecule has 0 spiro atoms. The summed E-state index contributed by atoms with van der Waals surface area (Å²) in [5.74, 6) is 0.890. The Kier molecular flexibility index (Phi) is 5.59. The SMILES string of the molecule is Cc1cccc(COc2ccc(C=CCC(C)N)cc2)c1. The highest BCUT2D eigenvalue weighted by atomic mass is 16.5. The summed E-state index contributed by atoms with van der Waals surface area (Å²) in [6.45, 7) is 4.70. The van der Waals surface area contributed by atoms with Crippen LogP contribution in [0.1, 0.15) is 30.0 Å². The second-order valence-electron chi connectivity index (χ2n) is 5.46. The van der Waals surface area contributed by atoms with Gasteiger partial charge in [-0.3, -0.25) is 0 Å². The van der Waals surface area contributed by atoms with Crippen molar-refractivity contribution in [3.05, 3.63) is 71.3 Å². The Morgan fingerprint density at radius 1 is 1.14 bits per heavy atom. The Morgan fingerprint density at radius 3 is 2.57 bits per heavy atom. The Hall–Kier alpha value is -2.06. The smallest absolute Gasteiger partial charge is 0.119 e. The maximum Gasteiger partial charge on any atom is 0.119 e. The molecule has 2 rings (SSSR count). The van der Waals surface area contributed by atoms with Crippen LogP contribution in [0.2, 0.25) is 0 Å². The van der Waals surface area contributed by atoms with Gasteiger partial charge in [-0.05, 0) is 43.5 Å². The number of aryl methyl sites for hydroxylation is 1. The van der Waals surface area contributed by atoms with Gasteiger partial charge in [0.1, 0.15) is 12.4 Å². The second-order valence-corrected chi connectivity index (χ2v) is 5.46. The molecule has 0 aliphatic rings. The summed E-state index contributed by atoms with van der Waals surface area (Å²) in [6, 6.07) is 16.7. The van der Waals surface area contributed by atoms with Gasteiger partial charge in [0.15, 0.2) is 0 Å². The molecule has 0 saturated carbocycles. The molecule has 2 N–H and O–H groups in total. The molecule has 0 saturated heterocycles. The van der Waals surface area contributed by atoms with Crippen LogP contribution in [0.4, 0.5) is 0 Å². The normalized spacial score (nSPS) is 12.5. The van der Waals surface area contributed by atoms with E-state index in [1.54, 1.807) is 0 Å². The van der Waals surface area contributed by atoms with Crippen molar-refractivity contribution in [1.82, 2.24) is 0 Å². The highest BCUT2D eigenvalue weighted by Crippen LogP contribution is 2.15. The molecule has 21 heavy (non-hydrogen) atoms. The second kappa shape index (κ2) is 7.65. The van der Waals surface area contributed by atoms with Gasteiger partial charge in [-0.2, -0.15) is 0 Å². The molecule has 110 valence electrons. The van der Waals surface area contributed by atoms with Crippen molar-refractivity contribution in [2.24, 2.45) is 5.73 Å². The predicted molar refractivity (Wildman–Crippen MR) is 89.3 cm³/mol. The van der Waals surface area contributed by atoms with Crippen LogP contribution in [0.25, 0.3) is 6.08 Å². The van der Waals surface area contributed by atoms with E-state index >= 15 is 0 Å². The van der Waals surface area contributed by atoms with Crippen molar-refractivity contribution in [1.29, 1.82) is 0 Å². The molecule has 2 aromatic carbocycles. The van der Waals surface area contributed by atoms with Crippen molar-refractivity contribution in [3.63, 3.8) is 0 Å². The fourth-order valence-electron chi connectivity index (χ4n) is 2.06. The molecule has 1 unspecified atom stereocenters. The van der Waals surface area contributed by atoms with Crippen molar-refractivity contribution in [2.75, 3.05) is 0 Å². The lowest BCUT2D eigenvalue weighted by Gasteiger charge is -2.07. The molecule has 2 aromatic rings. The summed E-state index contributed by atoms with van der Waals surface area (Å²) in [7, 11) is 0. The predicted octanol–water partition coefficient (Wildman–Crippen LogP) is 4.32. The Morgan fingerprint density at radius 2 is 1.90 bits per heavy atom. The molecule has 0 heterocycles. The quantitative estimate of drug-likeness (QED) is 0.855. The third-order valence-electron chi connectivity index (χ3n) is 3.19. The van der Waals surface area contributed by atoms with Gasteiger partial charge in [0.2, 0.25) is 0 Å². The third kappa shape index (κ3) is 5.44. The molecule has 0 aromatic heterocycles. The first kappa shape index (κ1) is 15.3. The molecule has 0 fully saturated rings. The molecule has 0 bridgehead atoms. The van der Waals surface area contributed by atoms with E-state index in [0.29, 0.717) is 6.61 Å². The van der Waals surface area contributed by atoms with E-state index in [0.717, 1.165) is 12.2 Å². The van der Waals surface area contributed by atoms with Gasteiger partial charge in [0, 0.05) is 6.04 Å². The van der Waals surface area contributed by atoms with Gasteiger partial charge in [-0.1, -0.05) is 54.1 Å². The topological polar surface area (TPSA) is 35.2 Å². The zero-order chi connectivity index (χ0) is 15.1. The van der Waals surface area contributed by atoms with E-state index < -0.39 is 0 Å². The number of nitrogens with two attached hydrogens (primary N) is 1. The maximum atomic E-state index is 5.80. The molecule has 1 atom stereocenters. The van der Waals surface area contributed by atoms with Crippen LogP contribution in [0.5, 0.6) is 5.75 Å². The van der Waals surface area contributed by atoms with Crippen LogP contribution < -0.4 is 10.5 Å². The van der Waals surface area contributed by atoms with Gasteiger partial charge in [0.05, 0.1) is 0 Å². The molecule has 2 heteroatoms. The average Bonchev–Trinajstić information content (AvgIpc) is 2.46. The van der Waals surface area contributed by atoms with E-state index in [1.165, 1.54) is 16.7 Å². The van der Waals surface area contributed by atoms with Gasteiger partial charge >= 0.3 is 0 Å². The zero-order valence-electron chi connectivity index (χ0n) is 12.8. The highest BCUT2D eigenvalue weighted by molar-refractivity contribution is 5.50. The number of ether oxygens (including phenoxy) is 1. The van der Waals surface area contributed by atoms with E-state index in [4.69, 9.17) is 10.5 Å². The Bertz CT molecular complexity index is 585. The monoisotopic (exact) mass is 281 g/mol.